The van der Waals surface area contributed by atoms with Crippen molar-refractivity contribution in [1.29, 1.82) is 0 Å². The molecule has 0 spiro atoms. The minimum Gasteiger partial charge on any atom is -0.755 e. The summed E-state index contributed by atoms with van der Waals surface area (Å²) in [6.07, 6.45) is 6.83. The predicted molar refractivity (Wildman–Crippen MR) is 67.4 cm³/mol. The molecule has 17 heavy (non-hydrogen) atoms. The number of hydrogen-bond donors (Lipinski definition) is 1. The van der Waals surface area contributed by atoms with Crippen molar-refractivity contribution in [3.63, 3.8) is 0 Å². The van der Waals surface area contributed by atoms with Crippen LogP contribution in [0.1, 0.15) is 13.8 Å². The molecule has 0 aromatic heterocycles. The molecule has 1 aliphatic heterocycles. The Labute approximate surface area is 104 Å². The molecule has 5 heteroatoms. The summed E-state index contributed by atoms with van der Waals surface area (Å²) in [4.78, 5) is 0. The van der Waals surface area contributed by atoms with Crippen molar-refractivity contribution in [2.75, 3.05) is 6.61 Å². The van der Waals surface area contributed by atoms with Gasteiger partial charge in [0.05, 0.1) is 18.3 Å². The summed E-state index contributed by atoms with van der Waals surface area (Å²) < 4.78 is 23.8. The topological polar surface area (TPSA) is 63.6 Å². The lowest BCUT2D eigenvalue weighted by molar-refractivity contribution is 0.300. The molecular weight excluding hydrogens is 238 g/mol. The van der Waals surface area contributed by atoms with E-state index in [2.05, 4.69) is 6.58 Å². The highest BCUT2D eigenvalue weighted by atomic mass is 32.2. The lowest BCUT2D eigenvalue weighted by atomic mass is 9.97. The van der Waals surface area contributed by atoms with Crippen molar-refractivity contribution in [1.82, 2.24) is 4.31 Å². The molecule has 0 saturated heterocycles. The van der Waals surface area contributed by atoms with Gasteiger partial charge in [-0.3, -0.25) is 8.51 Å². The Morgan fingerprint density at radius 2 is 2.35 bits per heavy atom. The van der Waals surface area contributed by atoms with Crippen molar-refractivity contribution in [2.45, 2.75) is 19.9 Å². The molecule has 0 radical (unpaired) electrons. The first-order valence-corrected chi connectivity index (χ1v) is 6.29. The van der Waals surface area contributed by atoms with Gasteiger partial charge in [-0.15, -0.1) is 0 Å². The van der Waals surface area contributed by atoms with Crippen LogP contribution in [0.2, 0.25) is 0 Å². The van der Waals surface area contributed by atoms with Crippen LogP contribution in [0.25, 0.3) is 0 Å². The highest BCUT2D eigenvalue weighted by Crippen LogP contribution is 2.30. The van der Waals surface area contributed by atoms with E-state index in [4.69, 9.17) is 0 Å². The van der Waals surface area contributed by atoms with Gasteiger partial charge in [0.1, 0.15) is 0 Å². The molecule has 0 saturated carbocycles. The van der Waals surface area contributed by atoms with Gasteiger partial charge in [-0.05, 0) is 31.1 Å². The van der Waals surface area contributed by atoms with Crippen LogP contribution in [0.4, 0.5) is 0 Å². The van der Waals surface area contributed by atoms with Gasteiger partial charge in [-0.25, -0.2) is 0 Å². The van der Waals surface area contributed by atoms with Gasteiger partial charge in [0.2, 0.25) is 0 Å². The van der Waals surface area contributed by atoms with Gasteiger partial charge in [0.25, 0.3) is 0 Å². The predicted octanol–water partition coefficient (Wildman–Crippen LogP) is 1.42. The van der Waals surface area contributed by atoms with Crippen LogP contribution in [0.5, 0.6) is 0 Å². The summed E-state index contributed by atoms with van der Waals surface area (Å²) >= 11 is -2.37. The highest BCUT2D eigenvalue weighted by Gasteiger charge is 2.26. The number of nitrogens with zero attached hydrogens (tertiary/aromatic N) is 1. The second kappa shape index (κ2) is 5.95. The Balaban J connectivity index is 3.35. The zero-order valence-corrected chi connectivity index (χ0v) is 10.7. The van der Waals surface area contributed by atoms with Crippen LogP contribution in [0.3, 0.4) is 0 Å². The molecule has 0 bridgehead atoms. The third-order valence-corrected chi connectivity index (χ3v) is 3.51. The minimum atomic E-state index is -2.37. The highest BCUT2D eigenvalue weighted by molar-refractivity contribution is 7.76. The lowest BCUT2D eigenvalue weighted by Gasteiger charge is -2.39. The fourth-order valence-electron chi connectivity index (χ4n) is 1.82. The lowest BCUT2D eigenvalue weighted by Crippen LogP contribution is -2.39. The number of aliphatic hydroxyl groups excluding tert-OH is 1. The van der Waals surface area contributed by atoms with Gasteiger partial charge >= 0.3 is 0 Å². The second-order valence-corrected chi connectivity index (χ2v) is 4.46. The molecule has 0 amide bonds. The largest absolute Gasteiger partial charge is 0.755 e. The molecule has 0 fully saturated rings. The molecule has 1 heterocycles. The molecule has 4 nitrogen and oxygen atoms in total. The Hall–Kier alpha value is -1.17. The van der Waals surface area contributed by atoms with Crippen LogP contribution in [0.15, 0.2) is 47.7 Å². The van der Waals surface area contributed by atoms with E-state index < -0.39 is 11.3 Å². The van der Waals surface area contributed by atoms with Crippen molar-refractivity contribution >= 4 is 11.3 Å². The van der Waals surface area contributed by atoms with Gasteiger partial charge < -0.3 is 9.66 Å². The van der Waals surface area contributed by atoms with Gasteiger partial charge in [-0.2, -0.15) is 0 Å². The van der Waals surface area contributed by atoms with Crippen molar-refractivity contribution < 1.29 is 13.9 Å². The summed E-state index contributed by atoms with van der Waals surface area (Å²) in [7, 11) is 0. The summed E-state index contributed by atoms with van der Waals surface area (Å²) in [6, 6.07) is -0.369. The Bertz CT molecular complexity index is 423. The van der Waals surface area contributed by atoms with E-state index in [0.717, 1.165) is 5.57 Å². The standard InChI is InChI=1S/C12H17NO3S/c1-4-6-10-7-11(8-14)9(3)13(17(15)16)12(10)5-2/h4-7,9,14H,1,8H2,2-3H3,(H,15,16)/p-1/b10-6-,12-5+/t9-/m1/s1. The van der Waals surface area contributed by atoms with Crippen LogP contribution < -0.4 is 0 Å². The summed E-state index contributed by atoms with van der Waals surface area (Å²) in [5.41, 5.74) is 1.99. The first-order chi connectivity index (χ1) is 8.06. The first-order valence-electron chi connectivity index (χ1n) is 5.26. The first kappa shape index (κ1) is 13.9. The molecule has 0 aromatic rings. The minimum absolute atomic E-state index is 0.166. The maximum Gasteiger partial charge on any atom is 0.0665 e. The summed E-state index contributed by atoms with van der Waals surface area (Å²) in [5.74, 6) is 0. The smallest absolute Gasteiger partial charge is 0.0665 e. The van der Waals surface area contributed by atoms with Crippen LogP contribution in [-0.4, -0.2) is 30.8 Å². The number of aliphatic hydroxyl groups is 1. The number of allylic oxidation sites excluding steroid dienone is 4. The van der Waals surface area contributed by atoms with Crippen molar-refractivity contribution in [3.05, 3.63) is 47.7 Å². The maximum absolute atomic E-state index is 11.3. The molecular formula is C12H16NO3S-. The van der Waals surface area contributed by atoms with E-state index in [-0.39, 0.29) is 12.6 Å². The van der Waals surface area contributed by atoms with E-state index in [9.17, 15) is 13.9 Å². The van der Waals surface area contributed by atoms with E-state index in [0.29, 0.717) is 11.3 Å². The molecule has 2 atom stereocenters. The van der Waals surface area contributed by atoms with E-state index in [1.807, 2.05) is 0 Å². The second-order valence-electron chi connectivity index (χ2n) is 3.63. The molecule has 94 valence electrons. The Morgan fingerprint density at radius 3 is 2.76 bits per heavy atom. The molecule has 1 N–H and O–H groups in total. The zero-order chi connectivity index (χ0) is 13.0. The Morgan fingerprint density at radius 1 is 1.71 bits per heavy atom. The third kappa shape index (κ3) is 2.74. The van der Waals surface area contributed by atoms with Gasteiger partial charge in [0.15, 0.2) is 0 Å². The molecule has 1 unspecified atom stereocenters. The van der Waals surface area contributed by atoms with Crippen molar-refractivity contribution in [3.8, 4) is 0 Å². The van der Waals surface area contributed by atoms with Crippen molar-refractivity contribution in [2.24, 2.45) is 0 Å². The monoisotopic (exact) mass is 254 g/mol. The average Bonchev–Trinajstić information content (AvgIpc) is 2.30. The molecule has 0 aromatic carbocycles. The maximum atomic E-state index is 11.3. The Kier molecular flexibility index (Phi) is 4.86. The zero-order valence-electron chi connectivity index (χ0n) is 9.92. The van der Waals surface area contributed by atoms with Crippen LogP contribution in [0, 0.1) is 0 Å². The van der Waals surface area contributed by atoms with Crippen LogP contribution >= 0.6 is 0 Å². The quantitative estimate of drug-likeness (QED) is 0.775. The van der Waals surface area contributed by atoms with E-state index in [1.165, 1.54) is 4.31 Å². The summed E-state index contributed by atoms with van der Waals surface area (Å²) in [6.45, 7) is 6.95. The summed E-state index contributed by atoms with van der Waals surface area (Å²) in [5, 5.41) is 9.24. The third-order valence-electron chi connectivity index (χ3n) is 2.68. The average molecular weight is 254 g/mol. The van der Waals surface area contributed by atoms with Crippen LogP contribution in [-0.2, 0) is 11.3 Å². The van der Waals surface area contributed by atoms with E-state index in [1.54, 1.807) is 38.2 Å². The molecule has 0 aliphatic carbocycles. The SMILES string of the molecule is C=C/C=C1/C=C(CO)[C@@H](C)N(S(=O)[O-])/C1=C/C. The number of rotatable bonds is 3. The fourth-order valence-corrected chi connectivity index (χ4v) is 2.59. The molecule has 1 aliphatic rings. The number of hydrogen-bond acceptors (Lipinski definition) is 3. The fraction of sp³-hybridized carbons (Fsp3) is 0.333. The van der Waals surface area contributed by atoms with Gasteiger partial charge in [0, 0.05) is 11.3 Å². The molecule has 1 rings (SSSR count). The normalized spacial score (nSPS) is 27.2. The van der Waals surface area contributed by atoms with Gasteiger partial charge in [-0.1, -0.05) is 24.8 Å². The van der Waals surface area contributed by atoms with E-state index >= 15 is 0 Å².